The maximum atomic E-state index is 5.79. The fourth-order valence-corrected chi connectivity index (χ4v) is 3.35. The SMILES string of the molecule is CCC1CCCCC1C(Cc1ccccn1)NN. The highest BCUT2D eigenvalue weighted by Crippen LogP contribution is 2.35. The number of rotatable bonds is 5. The highest BCUT2D eigenvalue weighted by Gasteiger charge is 2.30. The molecule has 18 heavy (non-hydrogen) atoms. The zero-order valence-corrected chi connectivity index (χ0v) is 11.3. The molecule has 0 spiro atoms. The third-order valence-electron chi connectivity index (χ3n) is 4.38. The van der Waals surface area contributed by atoms with Gasteiger partial charge >= 0.3 is 0 Å². The Labute approximate surface area is 110 Å². The van der Waals surface area contributed by atoms with Gasteiger partial charge in [-0.15, -0.1) is 0 Å². The number of aromatic nitrogens is 1. The van der Waals surface area contributed by atoms with Crippen molar-refractivity contribution >= 4 is 0 Å². The van der Waals surface area contributed by atoms with E-state index >= 15 is 0 Å². The fourth-order valence-electron chi connectivity index (χ4n) is 3.35. The molecule has 100 valence electrons. The van der Waals surface area contributed by atoms with Crippen molar-refractivity contribution in [2.75, 3.05) is 0 Å². The summed E-state index contributed by atoms with van der Waals surface area (Å²) >= 11 is 0. The van der Waals surface area contributed by atoms with E-state index in [-0.39, 0.29) is 0 Å². The normalized spacial score (nSPS) is 25.9. The summed E-state index contributed by atoms with van der Waals surface area (Å²) in [6, 6.07) is 6.47. The molecule has 0 radical (unpaired) electrons. The van der Waals surface area contributed by atoms with E-state index in [0.29, 0.717) is 12.0 Å². The number of nitrogens with zero attached hydrogens (tertiary/aromatic N) is 1. The molecule has 0 aliphatic heterocycles. The van der Waals surface area contributed by atoms with Crippen molar-refractivity contribution in [1.29, 1.82) is 0 Å². The lowest BCUT2D eigenvalue weighted by Crippen LogP contribution is -2.46. The molecule has 1 fully saturated rings. The molecule has 3 heteroatoms. The first-order chi connectivity index (χ1) is 8.85. The third-order valence-corrected chi connectivity index (χ3v) is 4.38. The van der Waals surface area contributed by atoms with Gasteiger partial charge in [0.25, 0.3) is 0 Å². The minimum absolute atomic E-state index is 0.366. The maximum Gasteiger partial charge on any atom is 0.0419 e. The lowest BCUT2D eigenvalue weighted by molar-refractivity contribution is 0.174. The Bertz CT molecular complexity index is 339. The number of hydrazine groups is 1. The van der Waals surface area contributed by atoms with Gasteiger partial charge in [0, 0.05) is 24.4 Å². The molecule has 1 aromatic heterocycles. The van der Waals surface area contributed by atoms with Crippen LogP contribution in [0.1, 0.15) is 44.7 Å². The van der Waals surface area contributed by atoms with E-state index in [1.807, 2.05) is 18.3 Å². The van der Waals surface area contributed by atoms with Gasteiger partial charge in [-0.1, -0.05) is 38.7 Å². The molecule has 0 bridgehead atoms. The second kappa shape index (κ2) is 6.86. The maximum absolute atomic E-state index is 5.79. The number of nitrogens with two attached hydrogens (primary N) is 1. The van der Waals surface area contributed by atoms with Crippen LogP contribution < -0.4 is 11.3 Å². The van der Waals surface area contributed by atoms with Gasteiger partial charge in [-0.3, -0.25) is 16.3 Å². The van der Waals surface area contributed by atoms with Crippen LogP contribution in [0.5, 0.6) is 0 Å². The van der Waals surface area contributed by atoms with E-state index in [1.54, 1.807) is 0 Å². The Morgan fingerprint density at radius 3 is 2.89 bits per heavy atom. The predicted octanol–water partition coefficient (Wildman–Crippen LogP) is 2.67. The van der Waals surface area contributed by atoms with Gasteiger partial charge in [-0.25, -0.2) is 0 Å². The average molecular weight is 247 g/mol. The van der Waals surface area contributed by atoms with Crippen LogP contribution in [0.25, 0.3) is 0 Å². The summed E-state index contributed by atoms with van der Waals surface area (Å²) in [7, 11) is 0. The molecule has 1 saturated carbocycles. The van der Waals surface area contributed by atoms with Gasteiger partial charge < -0.3 is 0 Å². The topological polar surface area (TPSA) is 50.9 Å². The molecule has 3 atom stereocenters. The quantitative estimate of drug-likeness (QED) is 0.621. The van der Waals surface area contributed by atoms with Gasteiger partial charge in [-0.2, -0.15) is 0 Å². The molecule has 0 saturated heterocycles. The van der Waals surface area contributed by atoms with Gasteiger partial charge in [-0.05, 0) is 30.4 Å². The summed E-state index contributed by atoms with van der Waals surface area (Å²) < 4.78 is 0. The molecule has 1 aliphatic carbocycles. The lowest BCUT2D eigenvalue weighted by Gasteiger charge is -2.36. The molecular weight excluding hydrogens is 222 g/mol. The summed E-state index contributed by atoms with van der Waals surface area (Å²) in [5, 5.41) is 0. The second-order valence-electron chi connectivity index (χ2n) is 5.41. The average Bonchev–Trinajstić information content (AvgIpc) is 2.46. The molecule has 0 aromatic carbocycles. The van der Waals surface area contributed by atoms with Crippen molar-refractivity contribution in [3.63, 3.8) is 0 Å². The van der Waals surface area contributed by atoms with Crippen LogP contribution in [-0.2, 0) is 6.42 Å². The van der Waals surface area contributed by atoms with Crippen LogP contribution in [0.15, 0.2) is 24.4 Å². The van der Waals surface area contributed by atoms with Crippen molar-refractivity contribution in [3.8, 4) is 0 Å². The second-order valence-corrected chi connectivity index (χ2v) is 5.41. The molecular formula is C15H25N3. The Morgan fingerprint density at radius 1 is 1.39 bits per heavy atom. The first-order valence-electron chi connectivity index (χ1n) is 7.21. The van der Waals surface area contributed by atoms with Crippen LogP contribution in [0, 0.1) is 11.8 Å². The minimum atomic E-state index is 0.366. The minimum Gasteiger partial charge on any atom is -0.271 e. The van der Waals surface area contributed by atoms with E-state index in [2.05, 4.69) is 23.4 Å². The number of hydrogen-bond donors (Lipinski definition) is 2. The highest BCUT2D eigenvalue weighted by atomic mass is 15.2. The van der Waals surface area contributed by atoms with Crippen LogP contribution >= 0.6 is 0 Å². The van der Waals surface area contributed by atoms with Crippen LogP contribution in [0.2, 0.25) is 0 Å². The first-order valence-corrected chi connectivity index (χ1v) is 7.21. The summed E-state index contributed by atoms with van der Waals surface area (Å²) in [5.41, 5.74) is 4.18. The largest absolute Gasteiger partial charge is 0.271 e. The van der Waals surface area contributed by atoms with E-state index in [1.165, 1.54) is 32.1 Å². The third kappa shape index (κ3) is 3.30. The monoisotopic (exact) mass is 247 g/mol. The van der Waals surface area contributed by atoms with Crippen molar-refractivity contribution in [2.24, 2.45) is 17.7 Å². The Kier molecular flexibility index (Phi) is 5.14. The zero-order valence-electron chi connectivity index (χ0n) is 11.3. The molecule has 3 unspecified atom stereocenters. The zero-order chi connectivity index (χ0) is 12.8. The van der Waals surface area contributed by atoms with Crippen molar-refractivity contribution in [1.82, 2.24) is 10.4 Å². The van der Waals surface area contributed by atoms with E-state index in [0.717, 1.165) is 18.0 Å². The molecule has 0 amide bonds. The predicted molar refractivity (Wildman–Crippen MR) is 74.8 cm³/mol. The van der Waals surface area contributed by atoms with Crippen LogP contribution in [0.3, 0.4) is 0 Å². The van der Waals surface area contributed by atoms with Gasteiger partial charge in [0.15, 0.2) is 0 Å². The molecule has 2 rings (SSSR count). The lowest BCUT2D eigenvalue weighted by atomic mass is 9.73. The van der Waals surface area contributed by atoms with Crippen molar-refractivity contribution < 1.29 is 0 Å². The van der Waals surface area contributed by atoms with Gasteiger partial charge in [0.1, 0.15) is 0 Å². The summed E-state index contributed by atoms with van der Waals surface area (Å²) in [4.78, 5) is 4.42. The van der Waals surface area contributed by atoms with Gasteiger partial charge in [0.05, 0.1) is 0 Å². The van der Waals surface area contributed by atoms with Crippen LogP contribution in [-0.4, -0.2) is 11.0 Å². The first kappa shape index (κ1) is 13.5. The Hall–Kier alpha value is -0.930. The molecule has 3 nitrogen and oxygen atoms in total. The Balaban J connectivity index is 2.03. The molecule has 3 N–H and O–H groups in total. The fraction of sp³-hybridized carbons (Fsp3) is 0.667. The highest BCUT2D eigenvalue weighted by molar-refractivity contribution is 5.06. The standard InChI is InChI=1S/C15H25N3/c1-2-12-7-3-4-9-14(12)15(18-16)11-13-8-5-6-10-17-13/h5-6,8,10,12,14-15,18H,2-4,7,9,11,16H2,1H3. The number of hydrogen-bond acceptors (Lipinski definition) is 3. The molecule has 1 aromatic rings. The van der Waals surface area contributed by atoms with E-state index in [4.69, 9.17) is 5.84 Å². The Morgan fingerprint density at radius 2 is 2.22 bits per heavy atom. The van der Waals surface area contributed by atoms with E-state index < -0.39 is 0 Å². The van der Waals surface area contributed by atoms with Gasteiger partial charge in [0.2, 0.25) is 0 Å². The molecule has 1 aliphatic rings. The van der Waals surface area contributed by atoms with Crippen LogP contribution in [0.4, 0.5) is 0 Å². The number of pyridine rings is 1. The van der Waals surface area contributed by atoms with Crippen molar-refractivity contribution in [3.05, 3.63) is 30.1 Å². The van der Waals surface area contributed by atoms with Crippen molar-refractivity contribution in [2.45, 2.75) is 51.5 Å². The number of nitrogens with one attached hydrogen (secondary N) is 1. The van der Waals surface area contributed by atoms with E-state index in [9.17, 15) is 0 Å². The summed E-state index contributed by atoms with van der Waals surface area (Å²) in [6.45, 7) is 2.30. The smallest absolute Gasteiger partial charge is 0.0419 e. The summed E-state index contributed by atoms with van der Waals surface area (Å²) in [5.74, 6) is 7.32. The summed E-state index contributed by atoms with van der Waals surface area (Å²) in [6.07, 6.45) is 9.48. The molecule has 1 heterocycles.